The predicted molar refractivity (Wildman–Crippen MR) is 55.5 cm³/mol. The number of rotatable bonds is 4. The molecule has 1 rings (SSSR count). The molecule has 0 aliphatic rings. The van der Waals surface area contributed by atoms with Crippen molar-refractivity contribution in [2.24, 2.45) is 0 Å². The molecule has 0 bridgehead atoms. The van der Waals surface area contributed by atoms with Gasteiger partial charge in [0.05, 0.1) is 12.8 Å². The number of halogens is 3. The zero-order valence-corrected chi connectivity index (χ0v) is 10.1. The summed E-state index contributed by atoms with van der Waals surface area (Å²) < 4.78 is 48.9. The van der Waals surface area contributed by atoms with Crippen LogP contribution in [-0.4, -0.2) is 23.2 Å². The van der Waals surface area contributed by atoms with Gasteiger partial charge in [0.25, 0.3) is 5.95 Å². The summed E-state index contributed by atoms with van der Waals surface area (Å²) in [4.78, 5) is 14.3. The van der Waals surface area contributed by atoms with Gasteiger partial charge in [-0.05, 0) is 20.8 Å². The zero-order valence-electron chi connectivity index (χ0n) is 10.1. The Morgan fingerprint density at radius 1 is 1.39 bits per heavy atom. The average Bonchev–Trinajstić information content (AvgIpc) is 2.30. The highest BCUT2D eigenvalue weighted by molar-refractivity contribution is 5.79. The topological polar surface area (TPSA) is 48.4 Å². The lowest BCUT2D eigenvalue weighted by molar-refractivity contribution is -0.159. The van der Waals surface area contributed by atoms with Crippen molar-refractivity contribution in [3.63, 3.8) is 0 Å². The van der Waals surface area contributed by atoms with Crippen molar-refractivity contribution in [2.45, 2.75) is 26.4 Å². The maximum atomic E-state index is 13.3. The van der Waals surface area contributed by atoms with E-state index >= 15 is 0 Å². The van der Waals surface area contributed by atoms with Gasteiger partial charge < -0.3 is 9.47 Å². The Morgan fingerprint density at radius 2 is 2.00 bits per heavy atom. The molecule has 0 aliphatic heterocycles. The number of carbonyl (C=O) groups excluding carboxylic acids is 1. The molecule has 0 spiro atoms. The first-order valence-electron chi connectivity index (χ1n) is 5.15. The van der Waals surface area contributed by atoms with Crippen LogP contribution < -0.4 is 4.74 Å². The van der Waals surface area contributed by atoms with Crippen LogP contribution in [0.3, 0.4) is 0 Å². The molecule has 0 amide bonds. The molecule has 0 unspecified atom stereocenters. The van der Waals surface area contributed by atoms with Crippen LogP contribution >= 0.6 is 0 Å². The van der Waals surface area contributed by atoms with Crippen molar-refractivity contribution >= 4 is 5.97 Å². The van der Waals surface area contributed by atoms with Gasteiger partial charge >= 0.3 is 5.97 Å². The van der Waals surface area contributed by atoms with Gasteiger partial charge in [0.15, 0.2) is 17.2 Å². The van der Waals surface area contributed by atoms with E-state index in [4.69, 9.17) is 4.74 Å². The van der Waals surface area contributed by atoms with Gasteiger partial charge in [-0.15, -0.1) is 0 Å². The lowest BCUT2D eigenvalue weighted by Crippen LogP contribution is -2.40. The number of hydrogen-bond donors (Lipinski definition) is 0. The fraction of sp³-hybridized carbons (Fsp3) is 0.455. The van der Waals surface area contributed by atoms with Crippen LogP contribution in [0.5, 0.6) is 5.75 Å². The van der Waals surface area contributed by atoms with Gasteiger partial charge in [0.1, 0.15) is 0 Å². The lowest BCUT2D eigenvalue weighted by Gasteiger charge is -2.24. The van der Waals surface area contributed by atoms with E-state index in [1.807, 2.05) is 0 Å². The first kappa shape index (κ1) is 14.3. The fourth-order valence-corrected chi connectivity index (χ4v) is 1.12. The summed E-state index contributed by atoms with van der Waals surface area (Å²) in [6, 6.07) is 0. The highest BCUT2D eigenvalue weighted by Crippen LogP contribution is 2.26. The summed E-state index contributed by atoms with van der Waals surface area (Å²) >= 11 is 0. The van der Waals surface area contributed by atoms with Gasteiger partial charge in [0, 0.05) is 0 Å². The number of aromatic nitrogens is 1. The van der Waals surface area contributed by atoms with Crippen molar-refractivity contribution in [3.8, 4) is 5.75 Å². The normalized spacial score (nSPS) is 11.2. The van der Waals surface area contributed by atoms with Crippen LogP contribution in [0.25, 0.3) is 0 Å². The third-order valence-electron chi connectivity index (χ3n) is 2.01. The largest absolute Gasteiger partial charge is 0.470 e. The molecule has 0 atom stereocenters. The molecule has 1 aromatic heterocycles. The second kappa shape index (κ2) is 5.24. The summed E-state index contributed by atoms with van der Waals surface area (Å²) in [6.07, 6.45) is 0.467. The smallest absolute Gasteiger partial charge is 0.349 e. The molecule has 7 heteroatoms. The van der Waals surface area contributed by atoms with Gasteiger partial charge in [-0.25, -0.2) is 14.2 Å². The Hall–Kier alpha value is -1.79. The summed E-state index contributed by atoms with van der Waals surface area (Å²) in [5, 5.41) is 0. The van der Waals surface area contributed by atoms with Crippen molar-refractivity contribution in [2.75, 3.05) is 6.61 Å². The molecule has 0 aromatic carbocycles. The number of pyridine rings is 1. The van der Waals surface area contributed by atoms with Crippen LogP contribution in [0.15, 0.2) is 6.20 Å². The third kappa shape index (κ3) is 2.91. The van der Waals surface area contributed by atoms with E-state index in [2.05, 4.69) is 9.72 Å². The highest BCUT2D eigenvalue weighted by atomic mass is 19.2. The SMILES string of the molecule is CCOC(=O)C(C)(C)Oc1c(F)cnc(F)c1F. The van der Waals surface area contributed by atoms with Crippen LogP contribution in [0.1, 0.15) is 20.8 Å². The van der Waals surface area contributed by atoms with E-state index < -0.39 is 34.9 Å². The van der Waals surface area contributed by atoms with Gasteiger partial charge in [-0.3, -0.25) is 0 Å². The molecule has 1 heterocycles. The van der Waals surface area contributed by atoms with E-state index in [1.165, 1.54) is 13.8 Å². The minimum Gasteiger partial charge on any atom is -0.470 e. The molecule has 0 saturated heterocycles. The standard InChI is InChI=1S/C11H12F3NO3/c1-4-17-10(16)11(2,3)18-8-6(12)5-15-9(14)7(8)13/h5H,4H2,1-3H3. The highest BCUT2D eigenvalue weighted by Gasteiger charge is 2.34. The Morgan fingerprint density at radius 3 is 2.56 bits per heavy atom. The molecule has 0 fully saturated rings. The Kier molecular flexibility index (Phi) is 4.15. The van der Waals surface area contributed by atoms with Gasteiger partial charge in [-0.2, -0.15) is 8.78 Å². The van der Waals surface area contributed by atoms with Gasteiger partial charge in [-0.1, -0.05) is 0 Å². The minimum absolute atomic E-state index is 0.0846. The first-order valence-corrected chi connectivity index (χ1v) is 5.15. The van der Waals surface area contributed by atoms with E-state index in [0.717, 1.165) is 0 Å². The van der Waals surface area contributed by atoms with Crippen LogP contribution in [0.4, 0.5) is 13.2 Å². The molecule has 100 valence electrons. The summed E-state index contributed by atoms with van der Waals surface area (Å²) in [5.41, 5.74) is -1.65. The van der Waals surface area contributed by atoms with E-state index in [1.54, 1.807) is 6.92 Å². The molecule has 1 aromatic rings. The molecular weight excluding hydrogens is 251 g/mol. The Labute approximate surface area is 102 Å². The van der Waals surface area contributed by atoms with Crippen LogP contribution in [0, 0.1) is 17.6 Å². The lowest BCUT2D eigenvalue weighted by atomic mass is 10.1. The second-order valence-electron chi connectivity index (χ2n) is 3.87. The van der Waals surface area contributed by atoms with E-state index in [-0.39, 0.29) is 6.61 Å². The fourth-order valence-electron chi connectivity index (χ4n) is 1.12. The number of carbonyl (C=O) groups is 1. The maximum absolute atomic E-state index is 13.3. The first-order chi connectivity index (χ1) is 8.29. The van der Waals surface area contributed by atoms with Crippen molar-refractivity contribution in [1.29, 1.82) is 0 Å². The number of ether oxygens (including phenoxy) is 2. The number of esters is 1. The minimum atomic E-state index is -1.65. The quantitative estimate of drug-likeness (QED) is 0.617. The predicted octanol–water partition coefficient (Wildman–Crippen LogP) is 2.22. The average molecular weight is 263 g/mol. The van der Waals surface area contributed by atoms with Crippen LogP contribution in [-0.2, 0) is 9.53 Å². The third-order valence-corrected chi connectivity index (χ3v) is 2.01. The number of hydrogen-bond acceptors (Lipinski definition) is 4. The zero-order chi connectivity index (χ0) is 13.9. The Bertz CT molecular complexity index is 463. The number of nitrogens with zero attached hydrogens (tertiary/aromatic N) is 1. The molecule has 0 radical (unpaired) electrons. The second-order valence-corrected chi connectivity index (χ2v) is 3.87. The van der Waals surface area contributed by atoms with Crippen LogP contribution in [0.2, 0.25) is 0 Å². The van der Waals surface area contributed by atoms with E-state index in [9.17, 15) is 18.0 Å². The Balaban J connectivity index is 3.04. The summed E-state index contributed by atoms with van der Waals surface area (Å²) in [6.45, 7) is 4.16. The van der Waals surface area contributed by atoms with Crippen molar-refractivity contribution < 1.29 is 27.4 Å². The molecule has 0 saturated carbocycles. The molecule has 18 heavy (non-hydrogen) atoms. The van der Waals surface area contributed by atoms with Crippen molar-refractivity contribution in [3.05, 3.63) is 23.8 Å². The molecule has 0 N–H and O–H groups in total. The van der Waals surface area contributed by atoms with E-state index in [0.29, 0.717) is 6.20 Å². The molecular formula is C11H12F3NO3. The summed E-state index contributed by atoms with van der Waals surface area (Å²) in [7, 11) is 0. The monoisotopic (exact) mass is 263 g/mol. The summed E-state index contributed by atoms with van der Waals surface area (Å²) in [5.74, 6) is -6.12. The molecule has 4 nitrogen and oxygen atoms in total. The molecule has 0 aliphatic carbocycles. The van der Waals surface area contributed by atoms with Gasteiger partial charge in [0.2, 0.25) is 5.82 Å². The van der Waals surface area contributed by atoms with Crippen molar-refractivity contribution in [1.82, 2.24) is 4.98 Å². The maximum Gasteiger partial charge on any atom is 0.349 e.